The van der Waals surface area contributed by atoms with Crippen molar-refractivity contribution in [2.45, 2.75) is 12.3 Å². The number of hydrogen-bond donors (Lipinski definition) is 2. The molecule has 0 fully saturated rings. The van der Waals surface area contributed by atoms with Gasteiger partial charge in [-0.2, -0.15) is 0 Å². The Bertz CT molecular complexity index is 2360. The van der Waals surface area contributed by atoms with E-state index in [0.29, 0.717) is 0 Å². The molecule has 0 aliphatic carbocycles. The molecule has 0 bridgehead atoms. The lowest BCUT2D eigenvalue weighted by Gasteiger charge is -2.32. The molecule has 2 unspecified atom stereocenters. The first kappa shape index (κ1) is 24.2. The molecule has 8 aromatic rings. The number of amidine groups is 1. The highest BCUT2D eigenvalue weighted by Gasteiger charge is 2.25. The molecule has 4 nitrogen and oxygen atoms in total. The number of hydrogen-bond acceptors (Lipinski definition) is 4. The summed E-state index contributed by atoms with van der Waals surface area (Å²) in [6.45, 7) is 0. The van der Waals surface area contributed by atoms with Crippen LogP contribution in [-0.2, 0) is 0 Å². The average Bonchev–Trinajstić information content (AvgIpc) is 3.47. The molecule has 1 aliphatic heterocycles. The van der Waals surface area contributed by atoms with Crippen molar-refractivity contribution in [1.82, 2.24) is 10.6 Å². The van der Waals surface area contributed by atoms with Crippen LogP contribution in [0.4, 0.5) is 0 Å². The van der Waals surface area contributed by atoms with Crippen LogP contribution in [0.5, 0.6) is 0 Å². The molecule has 0 amide bonds. The van der Waals surface area contributed by atoms with Crippen molar-refractivity contribution in [2.75, 3.05) is 0 Å². The molecule has 0 saturated heterocycles. The summed E-state index contributed by atoms with van der Waals surface area (Å²) >= 11 is 0. The number of nitrogens with zero attached hydrogens (tertiary/aromatic N) is 1. The Labute approximate surface area is 248 Å². The second-order valence-electron chi connectivity index (χ2n) is 11.2. The minimum Gasteiger partial charge on any atom is -0.455 e. The number of para-hydroxylation sites is 1. The Morgan fingerprint density at radius 2 is 1.19 bits per heavy atom. The Morgan fingerprint density at radius 3 is 2.05 bits per heavy atom. The molecule has 2 heterocycles. The van der Waals surface area contributed by atoms with Crippen LogP contribution in [0.25, 0.3) is 54.3 Å². The third kappa shape index (κ3) is 3.92. The van der Waals surface area contributed by atoms with E-state index in [1.807, 2.05) is 24.3 Å². The van der Waals surface area contributed by atoms with Gasteiger partial charge < -0.3 is 9.73 Å². The predicted octanol–water partition coefficient (Wildman–Crippen LogP) is 9.38. The zero-order valence-corrected chi connectivity index (χ0v) is 23.3. The lowest BCUT2D eigenvalue weighted by atomic mass is 9.94. The summed E-state index contributed by atoms with van der Waals surface area (Å²) in [6, 6.07) is 49.2. The molecule has 7 aromatic carbocycles. The highest BCUT2D eigenvalue weighted by Crippen LogP contribution is 2.39. The van der Waals surface area contributed by atoms with Gasteiger partial charge in [-0.3, -0.25) is 5.32 Å². The Balaban J connectivity index is 1.20. The van der Waals surface area contributed by atoms with E-state index in [9.17, 15) is 0 Å². The molecule has 0 saturated carbocycles. The first-order valence-electron chi connectivity index (χ1n) is 14.7. The fraction of sp³-hybridized carbons (Fsp3) is 0.0513. The van der Waals surface area contributed by atoms with Gasteiger partial charge in [0.1, 0.15) is 29.3 Å². The Morgan fingerprint density at radius 1 is 0.535 bits per heavy atom. The summed E-state index contributed by atoms with van der Waals surface area (Å²) in [5.41, 5.74) is 5.24. The van der Waals surface area contributed by atoms with Gasteiger partial charge in [-0.25, -0.2) is 4.99 Å². The molecule has 9 rings (SSSR count). The van der Waals surface area contributed by atoms with Gasteiger partial charge >= 0.3 is 0 Å². The third-order valence-corrected chi connectivity index (χ3v) is 8.72. The van der Waals surface area contributed by atoms with Gasteiger partial charge in [-0.1, -0.05) is 115 Å². The molecule has 1 aromatic heterocycles. The Hall–Kier alpha value is -5.45. The number of rotatable bonds is 3. The van der Waals surface area contributed by atoms with Gasteiger partial charge in [-0.05, 0) is 62.3 Å². The number of aliphatic imine (C=N–C) groups is 1. The number of furan rings is 1. The van der Waals surface area contributed by atoms with E-state index < -0.39 is 0 Å². The molecule has 0 spiro atoms. The van der Waals surface area contributed by atoms with Crippen molar-refractivity contribution in [3.05, 3.63) is 156 Å². The van der Waals surface area contributed by atoms with Crippen molar-refractivity contribution < 1.29 is 4.42 Å². The maximum atomic E-state index is 6.39. The topological polar surface area (TPSA) is 49.6 Å². The van der Waals surface area contributed by atoms with E-state index in [2.05, 4.69) is 126 Å². The molecule has 204 valence electrons. The number of fused-ring (bicyclic) bond motifs is 9. The fourth-order valence-electron chi connectivity index (χ4n) is 6.63. The lowest BCUT2D eigenvalue weighted by Crippen LogP contribution is -2.44. The third-order valence-electron chi connectivity index (χ3n) is 8.72. The molecular formula is C39H27N3O. The summed E-state index contributed by atoms with van der Waals surface area (Å²) in [6.07, 6.45) is -0.230. The van der Waals surface area contributed by atoms with Gasteiger partial charge in [0.15, 0.2) is 0 Å². The zero-order chi connectivity index (χ0) is 28.3. The van der Waals surface area contributed by atoms with Crippen LogP contribution in [0, 0.1) is 0 Å². The van der Waals surface area contributed by atoms with E-state index in [-0.39, 0.29) is 12.3 Å². The van der Waals surface area contributed by atoms with Gasteiger partial charge in [0, 0.05) is 21.7 Å². The fourth-order valence-corrected chi connectivity index (χ4v) is 6.63. The molecule has 2 N–H and O–H groups in total. The van der Waals surface area contributed by atoms with Gasteiger partial charge in [0.05, 0.1) is 0 Å². The first-order chi connectivity index (χ1) is 21.3. The summed E-state index contributed by atoms with van der Waals surface area (Å²) < 4.78 is 6.39. The van der Waals surface area contributed by atoms with E-state index in [1.165, 1.54) is 32.5 Å². The van der Waals surface area contributed by atoms with Crippen molar-refractivity contribution in [3.63, 3.8) is 0 Å². The minimum absolute atomic E-state index is 0.0682. The van der Waals surface area contributed by atoms with E-state index >= 15 is 0 Å². The highest BCUT2D eigenvalue weighted by molar-refractivity contribution is 6.26. The summed E-state index contributed by atoms with van der Waals surface area (Å²) in [7, 11) is 0. The minimum atomic E-state index is -0.162. The van der Waals surface area contributed by atoms with Crippen LogP contribution in [-0.4, -0.2) is 5.84 Å². The predicted molar refractivity (Wildman–Crippen MR) is 177 cm³/mol. The highest BCUT2D eigenvalue weighted by atomic mass is 16.3. The molecule has 1 aliphatic rings. The summed E-state index contributed by atoms with van der Waals surface area (Å²) in [4.78, 5) is 5.15. The van der Waals surface area contributed by atoms with Crippen LogP contribution in [0.1, 0.15) is 29.0 Å². The van der Waals surface area contributed by atoms with Crippen LogP contribution >= 0.6 is 0 Å². The lowest BCUT2D eigenvalue weighted by molar-refractivity contribution is 0.409. The van der Waals surface area contributed by atoms with Gasteiger partial charge in [0.25, 0.3) is 0 Å². The van der Waals surface area contributed by atoms with Crippen molar-refractivity contribution >= 4 is 60.1 Å². The molecule has 43 heavy (non-hydrogen) atoms. The van der Waals surface area contributed by atoms with E-state index in [1.54, 1.807) is 0 Å². The Kier molecular flexibility index (Phi) is 5.37. The number of nitrogens with one attached hydrogen (secondary N) is 2. The second kappa shape index (κ2) is 9.55. The second-order valence-corrected chi connectivity index (χ2v) is 11.2. The molecule has 2 atom stereocenters. The number of benzene rings is 7. The van der Waals surface area contributed by atoms with Crippen molar-refractivity contribution in [1.29, 1.82) is 0 Å². The van der Waals surface area contributed by atoms with Gasteiger partial charge in [0.2, 0.25) is 0 Å². The maximum absolute atomic E-state index is 6.39. The summed E-state index contributed by atoms with van der Waals surface area (Å²) in [5, 5.41) is 16.9. The quantitative estimate of drug-likeness (QED) is 0.214. The molecular weight excluding hydrogens is 526 g/mol. The largest absolute Gasteiger partial charge is 0.455 e. The van der Waals surface area contributed by atoms with E-state index in [4.69, 9.17) is 9.41 Å². The van der Waals surface area contributed by atoms with Crippen LogP contribution in [0.3, 0.4) is 0 Å². The normalized spacial score (nSPS) is 17.1. The SMILES string of the molecule is c1ccc(C2N=C(c3ccc4c(ccc5ccc6c(ccc7c8ccccc8oc76)c54)c3)NC(c3ccccc3)N2)cc1. The maximum Gasteiger partial charge on any atom is 0.143 e. The van der Waals surface area contributed by atoms with Crippen LogP contribution < -0.4 is 10.6 Å². The standard InChI is InChI=1S/C39H27N3O/c1-3-9-25(10-4-1)37-40-38(26-11-5-2-6-12-26)42-39(41-37)28-18-19-29-27(23-28)16-15-24-17-20-33-31(35(24)29)21-22-32-30-13-7-8-14-34(30)43-36(32)33/h1-23,37-38,40H,(H,41,42). The van der Waals surface area contributed by atoms with E-state index in [0.717, 1.165) is 44.3 Å². The molecule has 0 radical (unpaired) electrons. The van der Waals surface area contributed by atoms with Gasteiger partial charge in [-0.15, -0.1) is 0 Å². The first-order valence-corrected chi connectivity index (χ1v) is 14.7. The van der Waals surface area contributed by atoms with Crippen LogP contribution in [0.15, 0.2) is 149 Å². The smallest absolute Gasteiger partial charge is 0.143 e. The van der Waals surface area contributed by atoms with Crippen molar-refractivity contribution in [3.8, 4) is 0 Å². The zero-order valence-electron chi connectivity index (χ0n) is 23.3. The van der Waals surface area contributed by atoms with Crippen LogP contribution in [0.2, 0.25) is 0 Å². The average molecular weight is 554 g/mol. The van der Waals surface area contributed by atoms with Crippen molar-refractivity contribution in [2.24, 2.45) is 4.99 Å². The molecule has 4 heteroatoms. The summed E-state index contributed by atoms with van der Waals surface area (Å²) in [5.74, 6) is 0.880. The monoisotopic (exact) mass is 553 g/mol.